The Morgan fingerprint density at radius 2 is 2.17 bits per heavy atom. The molecule has 0 saturated carbocycles. The van der Waals surface area contributed by atoms with Crippen LogP contribution in [0.25, 0.3) is 0 Å². The molecule has 0 aliphatic rings. The largest absolute Gasteiger partial charge is 0.489 e. The average Bonchev–Trinajstić information content (AvgIpc) is 2.57. The maximum Gasteiger partial charge on any atom is 0.285 e. The summed E-state index contributed by atoms with van der Waals surface area (Å²) >= 11 is 11.8. The smallest absolute Gasteiger partial charge is 0.285 e. The van der Waals surface area contributed by atoms with Crippen molar-refractivity contribution in [3.8, 4) is 5.75 Å². The van der Waals surface area contributed by atoms with Gasteiger partial charge in [0.25, 0.3) is 5.56 Å². The van der Waals surface area contributed by atoms with Crippen LogP contribution in [0.2, 0.25) is 10.0 Å². The van der Waals surface area contributed by atoms with Crippen molar-refractivity contribution in [1.29, 1.82) is 0 Å². The number of nitrogens with zero attached hydrogens (tertiary/aromatic N) is 1. The molecule has 0 fully saturated rings. The van der Waals surface area contributed by atoms with Gasteiger partial charge in [0.1, 0.15) is 30.0 Å². The van der Waals surface area contributed by atoms with E-state index in [-0.39, 0.29) is 11.6 Å². The highest BCUT2D eigenvalue weighted by atomic mass is 35.5. The summed E-state index contributed by atoms with van der Waals surface area (Å²) in [7, 11) is 0. The van der Waals surface area contributed by atoms with Crippen LogP contribution in [0.5, 0.6) is 5.75 Å². The zero-order valence-electron chi connectivity index (χ0n) is 12.8. The van der Waals surface area contributed by atoms with E-state index in [4.69, 9.17) is 27.9 Å². The first-order chi connectivity index (χ1) is 11.6. The van der Waals surface area contributed by atoms with Gasteiger partial charge in [-0.2, -0.15) is 5.10 Å². The SMILES string of the molecule is O=c1[nH]ncc(NCC[NH2+]C[C@@H](O)COc2ccccc2Cl)c1Cl. The molecule has 1 heterocycles. The van der Waals surface area contributed by atoms with Crippen molar-refractivity contribution in [3.63, 3.8) is 0 Å². The van der Waals surface area contributed by atoms with Crippen LogP contribution in [0.1, 0.15) is 0 Å². The van der Waals surface area contributed by atoms with Gasteiger partial charge in [-0.3, -0.25) is 4.79 Å². The second-order valence-corrected chi connectivity index (χ2v) is 5.85. The summed E-state index contributed by atoms with van der Waals surface area (Å²) < 4.78 is 5.47. The zero-order chi connectivity index (χ0) is 17.4. The summed E-state index contributed by atoms with van der Waals surface area (Å²) in [6, 6.07) is 7.12. The van der Waals surface area contributed by atoms with Gasteiger partial charge in [-0.15, -0.1) is 0 Å². The molecule has 0 bridgehead atoms. The van der Waals surface area contributed by atoms with Crippen molar-refractivity contribution >= 4 is 28.9 Å². The predicted molar refractivity (Wildman–Crippen MR) is 93.0 cm³/mol. The number of nitrogens with two attached hydrogens (primary N) is 1. The quantitative estimate of drug-likeness (QED) is 0.479. The molecule has 0 aliphatic carbocycles. The number of hydrogen-bond donors (Lipinski definition) is 4. The summed E-state index contributed by atoms with van der Waals surface area (Å²) in [5.41, 5.74) is 0.0502. The van der Waals surface area contributed by atoms with Gasteiger partial charge in [0.15, 0.2) is 0 Å². The van der Waals surface area contributed by atoms with E-state index in [1.165, 1.54) is 6.20 Å². The lowest BCUT2D eigenvalue weighted by molar-refractivity contribution is -0.658. The highest BCUT2D eigenvalue weighted by molar-refractivity contribution is 6.33. The van der Waals surface area contributed by atoms with Gasteiger partial charge >= 0.3 is 0 Å². The number of aromatic amines is 1. The summed E-state index contributed by atoms with van der Waals surface area (Å²) in [5, 5.41) is 21.4. The van der Waals surface area contributed by atoms with Crippen LogP contribution in [-0.4, -0.2) is 47.6 Å². The van der Waals surface area contributed by atoms with E-state index in [2.05, 4.69) is 15.5 Å². The molecule has 1 aromatic carbocycles. The topological polar surface area (TPSA) is 104 Å². The average molecular weight is 374 g/mol. The van der Waals surface area contributed by atoms with Gasteiger partial charge in [0.2, 0.25) is 0 Å². The minimum absolute atomic E-state index is 0.0816. The van der Waals surface area contributed by atoms with Crippen molar-refractivity contribution in [1.82, 2.24) is 10.2 Å². The molecular weight excluding hydrogens is 355 g/mol. The predicted octanol–water partition coefficient (Wildman–Crippen LogP) is 0.492. The van der Waals surface area contributed by atoms with E-state index in [0.29, 0.717) is 36.1 Å². The van der Waals surface area contributed by atoms with Crippen molar-refractivity contribution in [3.05, 3.63) is 50.9 Å². The number of rotatable bonds is 9. The van der Waals surface area contributed by atoms with Gasteiger partial charge in [-0.05, 0) is 12.1 Å². The minimum atomic E-state index is -0.619. The number of benzene rings is 1. The monoisotopic (exact) mass is 373 g/mol. The third-order valence-corrected chi connectivity index (χ3v) is 3.85. The van der Waals surface area contributed by atoms with Gasteiger partial charge in [0, 0.05) is 0 Å². The van der Waals surface area contributed by atoms with Gasteiger partial charge < -0.3 is 20.5 Å². The van der Waals surface area contributed by atoms with E-state index in [1.54, 1.807) is 12.1 Å². The molecule has 5 N–H and O–H groups in total. The van der Waals surface area contributed by atoms with Gasteiger partial charge in [-0.1, -0.05) is 35.3 Å². The zero-order valence-corrected chi connectivity index (χ0v) is 14.3. The van der Waals surface area contributed by atoms with E-state index < -0.39 is 11.7 Å². The first kappa shape index (κ1) is 18.5. The molecule has 2 rings (SSSR count). The molecule has 0 spiro atoms. The Bertz CT molecular complexity index is 711. The molecule has 1 atom stereocenters. The fourth-order valence-corrected chi connectivity index (χ4v) is 2.29. The highest BCUT2D eigenvalue weighted by Crippen LogP contribution is 2.22. The summed E-state index contributed by atoms with van der Waals surface area (Å²) in [6.45, 7) is 1.90. The van der Waals surface area contributed by atoms with Crippen LogP contribution >= 0.6 is 23.2 Å². The van der Waals surface area contributed by atoms with Crippen LogP contribution in [0.4, 0.5) is 5.69 Å². The first-order valence-electron chi connectivity index (χ1n) is 7.42. The number of quaternary nitrogens is 1. The van der Waals surface area contributed by atoms with Crippen LogP contribution in [0.3, 0.4) is 0 Å². The van der Waals surface area contributed by atoms with Crippen LogP contribution in [0, 0.1) is 0 Å². The molecule has 24 heavy (non-hydrogen) atoms. The lowest BCUT2D eigenvalue weighted by Crippen LogP contribution is -2.87. The van der Waals surface area contributed by atoms with E-state index >= 15 is 0 Å². The summed E-state index contributed by atoms with van der Waals surface area (Å²) in [5.74, 6) is 0.552. The second-order valence-electron chi connectivity index (χ2n) is 5.06. The fraction of sp³-hybridized carbons (Fsp3) is 0.333. The molecule has 130 valence electrons. The summed E-state index contributed by atoms with van der Waals surface area (Å²) in [4.78, 5) is 11.3. The molecular formula is C15H19Cl2N4O3+. The van der Waals surface area contributed by atoms with E-state index in [1.807, 2.05) is 17.4 Å². The number of halogens is 2. The van der Waals surface area contributed by atoms with Crippen molar-refractivity contribution in [2.75, 3.05) is 31.6 Å². The number of ether oxygens (including phenoxy) is 1. The number of nitrogens with one attached hydrogen (secondary N) is 2. The fourth-order valence-electron chi connectivity index (χ4n) is 1.94. The maximum atomic E-state index is 11.3. The van der Waals surface area contributed by atoms with Crippen molar-refractivity contribution < 1.29 is 15.2 Å². The lowest BCUT2D eigenvalue weighted by atomic mass is 10.3. The van der Waals surface area contributed by atoms with Gasteiger partial charge in [0.05, 0.1) is 30.0 Å². The van der Waals surface area contributed by atoms with Crippen LogP contribution in [-0.2, 0) is 0 Å². The molecule has 0 saturated heterocycles. The van der Waals surface area contributed by atoms with Crippen LogP contribution < -0.4 is 20.9 Å². The van der Waals surface area contributed by atoms with E-state index in [9.17, 15) is 9.90 Å². The molecule has 0 radical (unpaired) electrons. The third-order valence-electron chi connectivity index (χ3n) is 3.17. The van der Waals surface area contributed by atoms with E-state index in [0.717, 1.165) is 0 Å². The number of anilines is 1. The number of aromatic nitrogens is 2. The molecule has 0 aliphatic heterocycles. The number of H-pyrrole nitrogens is 1. The second kappa shape index (κ2) is 9.48. The third kappa shape index (κ3) is 5.68. The Morgan fingerprint density at radius 1 is 1.38 bits per heavy atom. The number of aliphatic hydroxyl groups excluding tert-OH is 1. The molecule has 2 aromatic rings. The standard InChI is InChI=1S/C15H18Cl2N4O3/c16-11-3-1-2-4-13(11)24-9-10(22)7-18-5-6-19-12-8-20-21-15(23)14(12)17/h1-4,8,10,18,22H,5-7,9H2,(H2,19,21,23)/p+1/t10-/m1/s1. The first-order valence-corrected chi connectivity index (χ1v) is 8.17. The molecule has 0 amide bonds. The minimum Gasteiger partial charge on any atom is -0.489 e. The molecule has 9 heteroatoms. The number of hydrogen-bond acceptors (Lipinski definition) is 5. The maximum absolute atomic E-state index is 11.3. The van der Waals surface area contributed by atoms with Gasteiger partial charge in [-0.25, -0.2) is 5.10 Å². The number of para-hydroxylation sites is 1. The van der Waals surface area contributed by atoms with Crippen molar-refractivity contribution in [2.45, 2.75) is 6.10 Å². The Balaban J connectivity index is 1.63. The molecule has 0 unspecified atom stereocenters. The summed E-state index contributed by atoms with van der Waals surface area (Å²) in [6.07, 6.45) is 0.835. The molecule has 1 aromatic heterocycles. The highest BCUT2D eigenvalue weighted by Gasteiger charge is 2.09. The normalized spacial score (nSPS) is 12.0. The number of aliphatic hydroxyl groups is 1. The lowest BCUT2D eigenvalue weighted by Gasteiger charge is -2.12. The molecule has 7 nitrogen and oxygen atoms in total. The van der Waals surface area contributed by atoms with Crippen molar-refractivity contribution in [2.24, 2.45) is 0 Å². The Hall–Kier alpha value is -1.80. The Morgan fingerprint density at radius 3 is 2.96 bits per heavy atom. The Kier molecular flexibility index (Phi) is 7.33. The Labute approximate surface area is 148 Å². The van der Waals surface area contributed by atoms with Crippen LogP contribution in [0.15, 0.2) is 35.3 Å².